The van der Waals surface area contributed by atoms with Crippen LogP contribution in [0, 0.1) is 52.3 Å². The van der Waals surface area contributed by atoms with Gasteiger partial charge in [-0.15, -0.1) is 6.58 Å². The number of hydrogen-bond acceptors (Lipinski definition) is 0. The van der Waals surface area contributed by atoms with E-state index in [1.807, 2.05) is 0 Å². The Morgan fingerprint density at radius 1 is 0.833 bits per heavy atom. The molecule has 2 fully saturated rings. The van der Waals surface area contributed by atoms with Gasteiger partial charge in [0.2, 0.25) is 0 Å². The fraction of sp³-hybridized carbons (Fsp3) is 0.667. The number of allylic oxidation sites excluding steroid dienone is 9. The average Bonchev–Trinajstić information content (AvgIpc) is 3.31. The van der Waals surface area contributed by atoms with Crippen molar-refractivity contribution in [3.8, 4) is 0 Å². The molecule has 0 aliphatic heterocycles. The van der Waals surface area contributed by atoms with Crippen LogP contribution in [0.25, 0.3) is 0 Å². The normalized spacial score (nSPS) is 36.0. The molecule has 0 heteroatoms. The fourth-order valence-corrected chi connectivity index (χ4v) is 7.77. The van der Waals surface area contributed by atoms with Gasteiger partial charge in [0.15, 0.2) is 0 Å². The van der Waals surface area contributed by atoms with E-state index in [1.54, 1.807) is 0 Å². The Hall–Kier alpha value is -1.30. The summed E-state index contributed by atoms with van der Waals surface area (Å²) in [6.07, 6.45) is 31.1. The van der Waals surface area contributed by atoms with Crippen LogP contribution in [-0.4, -0.2) is 0 Å². The molecular formula is C30H44. The quantitative estimate of drug-likeness (QED) is 0.355. The van der Waals surface area contributed by atoms with Crippen molar-refractivity contribution in [3.63, 3.8) is 0 Å². The lowest BCUT2D eigenvalue weighted by Gasteiger charge is -2.40. The molecule has 0 aromatic rings. The second kappa shape index (κ2) is 8.68. The number of hydrogen-bond donors (Lipinski definition) is 0. The van der Waals surface area contributed by atoms with E-state index in [0.717, 1.165) is 41.4 Å². The third-order valence-corrected chi connectivity index (χ3v) is 8.85. The zero-order chi connectivity index (χ0) is 21.4. The van der Waals surface area contributed by atoms with Crippen LogP contribution in [-0.2, 0) is 0 Å². The Labute approximate surface area is 186 Å². The second-order valence-electron chi connectivity index (χ2n) is 12.3. The van der Waals surface area contributed by atoms with Gasteiger partial charge < -0.3 is 0 Å². The van der Waals surface area contributed by atoms with Gasteiger partial charge >= 0.3 is 0 Å². The van der Waals surface area contributed by atoms with Gasteiger partial charge in [-0.25, -0.2) is 0 Å². The zero-order valence-electron chi connectivity index (χ0n) is 19.9. The zero-order valence-corrected chi connectivity index (χ0v) is 19.9. The van der Waals surface area contributed by atoms with E-state index in [2.05, 4.69) is 89.0 Å². The molecule has 4 aliphatic carbocycles. The Kier molecular flexibility index (Phi) is 6.34. The van der Waals surface area contributed by atoms with Gasteiger partial charge in [-0.1, -0.05) is 82.4 Å². The van der Waals surface area contributed by atoms with Crippen molar-refractivity contribution in [1.82, 2.24) is 0 Å². The maximum atomic E-state index is 4.12. The van der Waals surface area contributed by atoms with Gasteiger partial charge in [0.1, 0.15) is 0 Å². The van der Waals surface area contributed by atoms with Crippen LogP contribution in [0.15, 0.2) is 61.3 Å². The summed E-state index contributed by atoms with van der Waals surface area (Å²) in [6, 6.07) is 0. The van der Waals surface area contributed by atoms with Crippen LogP contribution < -0.4 is 0 Å². The van der Waals surface area contributed by atoms with E-state index in [-0.39, 0.29) is 5.41 Å². The van der Waals surface area contributed by atoms with Crippen molar-refractivity contribution >= 4 is 0 Å². The second-order valence-corrected chi connectivity index (χ2v) is 12.3. The third kappa shape index (κ3) is 4.79. The highest BCUT2D eigenvalue weighted by Crippen LogP contribution is 2.53. The first-order chi connectivity index (χ1) is 14.3. The summed E-state index contributed by atoms with van der Waals surface area (Å²) >= 11 is 0. The SMILES string of the molecule is C=CC(C)(C)CC(C)(C)CC(CC1CCC2C=CC=CC21)C1CCC2C=CC=CC21. The lowest BCUT2D eigenvalue weighted by molar-refractivity contribution is 0.120. The highest BCUT2D eigenvalue weighted by atomic mass is 14.5. The summed E-state index contributed by atoms with van der Waals surface area (Å²) in [5.74, 6) is 5.77. The molecule has 7 unspecified atom stereocenters. The van der Waals surface area contributed by atoms with Crippen LogP contribution in [0.4, 0.5) is 0 Å². The van der Waals surface area contributed by atoms with Crippen molar-refractivity contribution in [2.24, 2.45) is 52.3 Å². The van der Waals surface area contributed by atoms with E-state index in [1.165, 1.54) is 44.9 Å². The van der Waals surface area contributed by atoms with Gasteiger partial charge in [0.05, 0.1) is 0 Å². The molecule has 0 N–H and O–H groups in total. The smallest absolute Gasteiger partial charge is 0.0136 e. The summed E-state index contributed by atoms with van der Waals surface area (Å²) in [6.45, 7) is 13.9. The minimum atomic E-state index is 0.217. The Morgan fingerprint density at radius 3 is 2.13 bits per heavy atom. The van der Waals surface area contributed by atoms with Crippen LogP contribution in [0.3, 0.4) is 0 Å². The van der Waals surface area contributed by atoms with Gasteiger partial charge in [-0.3, -0.25) is 0 Å². The summed E-state index contributed by atoms with van der Waals surface area (Å²) in [4.78, 5) is 0. The molecule has 4 aliphatic rings. The molecule has 0 aromatic carbocycles. The van der Waals surface area contributed by atoms with Crippen LogP contribution in [0.1, 0.15) is 72.6 Å². The molecule has 0 bridgehead atoms. The van der Waals surface area contributed by atoms with E-state index < -0.39 is 0 Å². The molecule has 0 nitrogen and oxygen atoms in total. The Morgan fingerprint density at radius 2 is 1.43 bits per heavy atom. The summed E-state index contributed by atoms with van der Waals surface area (Å²) < 4.78 is 0. The van der Waals surface area contributed by atoms with Gasteiger partial charge in [-0.05, 0) is 97.2 Å². The molecule has 164 valence electrons. The Balaban J connectivity index is 1.53. The topological polar surface area (TPSA) is 0 Å². The average molecular weight is 405 g/mol. The summed E-state index contributed by atoms with van der Waals surface area (Å²) in [5, 5.41) is 0. The first-order valence-electron chi connectivity index (χ1n) is 12.6. The van der Waals surface area contributed by atoms with Crippen LogP contribution >= 0.6 is 0 Å². The molecule has 0 spiro atoms. The van der Waals surface area contributed by atoms with E-state index >= 15 is 0 Å². The van der Waals surface area contributed by atoms with Crippen molar-refractivity contribution < 1.29 is 0 Å². The maximum absolute atomic E-state index is 4.12. The molecular weight excluding hydrogens is 360 g/mol. The third-order valence-electron chi connectivity index (χ3n) is 8.85. The van der Waals surface area contributed by atoms with Crippen LogP contribution in [0.5, 0.6) is 0 Å². The maximum Gasteiger partial charge on any atom is -0.0136 e. The van der Waals surface area contributed by atoms with Crippen molar-refractivity contribution in [3.05, 3.63) is 61.3 Å². The molecule has 0 aromatic heterocycles. The molecule has 4 rings (SSSR count). The Bertz CT molecular complexity index is 727. The summed E-state index contributed by atoms with van der Waals surface area (Å²) in [7, 11) is 0. The largest absolute Gasteiger partial charge is 0.103 e. The molecule has 0 radical (unpaired) electrons. The van der Waals surface area contributed by atoms with Gasteiger partial charge in [0.25, 0.3) is 0 Å². The standard InChI is InChI=1S/C30H44/c1-6-29(2,3)21-30(4,5)20-25(28-18-17-23-12-8-10-14-27(23)28)19-24-16-15-22-11-7-9-13-26(22)24/h6-14,22-28H,1,15-21H2,2-5H3. The van der Waals surface area contributed by atoms with Gasteiger partial charge in [-0.2, -0.15) is 0 Å². The summed E-state index contributed by atoms with van der Waals surface area (Å²) in [5.41, 5.74) is 0.573. The lowest BCUT2D eigenvalue weighted by Crippen LogP contribution is -2.31. The van der Waals surface area contributed by atoms with E-state index in [4.69, 9.17) is 0 Å². The lowest BCUT2D eigenvalue weighted by atomic mass is 9.65. The minimum absolute atomic E-state index is 0.217. The molecule has 7 atom stereocenters. The first kappa shape index (κ1) is 21.9. The molecule has 0 amide bonds. The minimum Gasteiger partial charge on any atom is -0.103 e. The molecule has 0 heterocycles. The highest BCUT2D eigenvalue weighted by Gasteiger charge is 2.43. The first-order valence-corrected chi connectivity index (χ1v) is 12.6. The predicted octanol–water partition coefficient (Wildman–Crippen LogP) is 8.55. The predicted molar refractivity (Wildman–Crippen MR) is 131 cm³/mol. The van der Waals surface area contributed by atoms with Crippen molar-refractivity contribution in [2.45, 2.75) is 72.6 Å². The van der Waals surface area contributed by atoms with E-state index in [9.17, 15) is 0 Å². The van der Waals surface area contributed by atoms with Crippen molar-refractivity contribution in [1.29, 1.82) is 0 Å². The molecule has 0 saturated heterocycles. The number of fused-ring (bicyclic) bond motifs is 2. The fourth-order valence-electron chi connectivity index (χ4n) is 7.77. The van der Waals surface area contributed by atoms with Crippen molar-refractivity contribution in [2.75, 3.05) is 0 Å². The molecule has 2 saturated carbocycles. The number of rotatable bonds is 8. The van der Waals surface area contributed by atoms with Gasteiger partial charge in [0, 0.05) is 0 Å². The van der Waals surface area contributed by atoms with E-state index in [0.29, 0.717) is 5.41 Å². The monoisotopic (exact) mass is 404 g/mol. The highest BCUT2D eigenvalue weighted by molar-refractivity contribution is 5.19. The van der Waals surface area contributed by atoms with Crippen LogP contribution in [0.2, 0.25) is 0 Å². The molecule has 30 heavy (non-hydrogen) atoms.